The number of alkyl halides is 3. The summed E-state index contributed by atoms with van der Waals surface area (Å²) < 4.78 is 7.85. The largest absolute Gasteiger partial charge is 0.463 e. The van der Waals surface area contributed by atoms with Crippen LogP contribution >= 0.6 is 46.4 Å². The summed E-state index contributed by atoms with van der Waals surface area (Å²) in [5, 5.41) is -1.22. The third-order valence-electron chi connectivity index (χ3n) is 2.40. The quantitative estimate of drug-likeness (QED) is 0.569. The van der Waals surface area contributed by atoms with Crippen molar-refractivity contribution in [2.75, 3.05) is 13.2 Å². The van der Waals surface area contributed by atoms with Crippen LogP contribution in [0.15, 0.2) is 22.3 Å². The molecule has 0 spiro atoms. The summed E-state index contributed by atoms with van der Waals surface area (Å²) in [6.45, 7) is 3.54. The predicted molar refractivity (Wildman–Crippen MR) is 78.3 cm³/mol. The Kier molecular flexibility index (Phi) is 6.20. The standard InChI is InChI=1S/C12H12Cl4O4/c1-3-19-10(17)6-5-12(15,16)7(9(14)8(6)13)11(18)20-4-2/h5,8H,3-4H2,1-2H3. The lowest BCUT2D eigenvalue weighted by atomic mass is 9.97. The van der Waals surface area contributed by atoms with Crippen LogP contribution in [0.5, 0.6) is 0 Å². The zero-order valence-electron chi connectivity index (χ0n) is 10.7. The van der Waals surface area contributed by atoms with E-state index in [-0.39, 0.29) is 29.4 Å². The molecule has 0 N–H and O–H groups in total. The van der Waals surface area contributed by atoms with Gasteiger partial charge in [0.15, 0.2) is 4.33 Å². The van der Waals surface area contributed by atoms with Crippen molar-refractivity contribution in [2.45, 2.75) is 23.6 Å². The van der Waals surface area contributed by atoms with Gasteiger partial charge in [-0.05, 0) is 19.9 Å². The molecule has 1 unspecified atom stereocenters. The lowest BCUT2D eigenvalue weighted by molar-refractivity contribution is -0.140. The van der Waals surface area contributed by atoms with Crippen LogP contribution in [0, 0.1) is 0 Å². The first-order valence-electron chi connectivity index (χ1n) is 5.75. The molecule has 1 rings (SSSR count). The topological polar surface area (TPSA) is 52.6 Å². The maximum absolute atomic E-state index is 11.8. The van der Waals surface area contributed by atoms with E-state index in [9.17, 15) is 9.59 Å². The van der Waals surface area contributed by atoms with E-state index in [4.69, 9.17) is 55.9 Å². The van der Waals surface area contributed by atoms with Gasteiger partial charge in [0, 0.05) is 0 Å². The van der Waals surface area contributed by atoms with Crippen LogP contribution in [-0.2, 0) is 19.1 Å². The molecule has 8 heteroatoms. The van der Waals surface area contributed by atoms with E-state index in [0.29, 0.717) is 0 Å². The summed E-state index contributed by atoms with van der Waals surface area (Å²) in [6.07, 6.45) is 1.14. The molecule has 1 aliphatic rings. The molecule has 0 heterocycles. The lowest BCUT2D eigenvalue weighted by Gasteiger charge is -2.28. The van der Waals surface area contributed by atoms with Gasteiger partial charge in [-0.25, -0.2) is 9.59 Å². The molecule has 0 fully saturated rings. The van der Waals surface area contributed by atoms with E-state index in [1.54, 1.807) is 13.8 Å². The summed E-state index contributed by atoms with van der Waals surface area (Å²) in [6, 6.07) is 0. The molecule has 112 valence electrons. The van der Waals surface area contributed by atoms with Gasteiger partial charge in [-0.1, -0.05) is 34.8 Å². The Morgan fingerprint density at radius 1 is 1.20 bits per heavy atom. The summed E-state index contributed by atoms with van der Waals surface area (Å²) in [7, 11) is 0. The van der Waals surface area contributed by atoms with Gasteiger partial charge in [-0.3, -0.25) is 0 Å². The molecule has 0 aromatic rings. The maximum Gasteiger partial charge on any atom is 0.338 e. The minimum Gasteiger partial charge on any atom is -0.463 e. The van der Waals surface area contributed by atoms with Crippen molar-refractivity contribution in [1.82, 2.24) is 0 Å². The number of allylic oxidation sites excluding steroid dienone is 2. The second-order valence-corrected chi connectivity index (χ2v) is 5.98. The molecule has 20 heavy (non-hydrogen) atoms. The van der Waals surface area contributed by atoms with Crippen molar-refractivity contribution in [3.05, 3.63) is 22.3 Å². The van der Waals surface area contributed by atoms with E-state index >= 15 is 0 Å². The molecule has 0 saturated carbocycles. The van der Waals surface area contributed by atoms with Crippen molar-refractivity contribution in [3.63, 3.8) is 0 Å². The van der Waals surface area contributed by atoms with Gasteiger partial charge in [0.25, 0.3) is 0 Å². The maximum atomic E-state index is 11.8. The van der Waals surface area contributed by atoms with Gasteiger partial charge in [-0.2, -0.15) is 0 Å². The molecule has 0 aliphatic heterocycles. The number of carbonyl (C=O) groups excluding carboxylic acids is 2. The zero-order valence-corrected chi connectivity index (χ0v) is 13.7. The highest BCUT2D eigenvalue weighted by Gasteiger charge is 2.44. The number of rotatable bonds is 4. The van der Waals surface area contributed by atoms with E-state index < -0.39 is 21.6 Å². The average Bonchev–Trinajstić information content (AvgIpc) is 2.34. The molecule has 0 aromatic carbocycles. The van der Waals surface area contributed by atoms with Crippen LogP contribution in [0.2, 0.25) is 0 Å². The minimum absolute atomic E-state index is 0.0171. The van der Waals surface area contributed by atoms with E-state index in [2.05, 4.69) is 0 Å². The van der Waals surface area contributed by atoms with Crippen LogP contribution in [0.3, 0.4) is 0 Å². The summed E-state index contributed by atoms with van der Waals surface area (Å²) in [5.74, 6) is -1.48. The molecular weight excluding hydrogens is 350 g/mol. The highest BCUT2D eigenvalue weighted by atomic mass is 35.5. The first kappa shape index (κ1) is 17.6. The third kappa shape index (κ3) is 3.61. The van der Waals surface area contributed by atoms with Crippen molar-refractivity contribution < 1.29 is 19.1 Å². The summed E-state index contributed by atoms with van der Waals surface area (Å²) >= 11 is 24.2. The van der Waals surface area contributed by atoms with Crippen molar-refractivity contribution in [1.29, 1.82) is 0 Å². The molecule has 0 radical (unpaired) electrons. The second-order valence-electron chi connectivity index (χ2n) is 3.75. The van der Waals surface area contributed by atoms with Gasteiger partial charge in [-0.15, -0.1) is 11.6 Å². The Morgan fingerprint density at radius 3 is 2.20 bits per heavy atom. The van der Waals surface area contributed by atoms with Crippen molar-refractivity contribution in [2.24, 2.45) is 0 Å². The highest BCUT2D eigenvalue weighted by molar-refractivity contribution is 6.56. The number of esters is 2. The van der Waals surface area contributed by atoms with Crippen LogP contribution in [-0.4, -0.2) is 34.9 Å². The van der Waals surface area contributed by atoms with Gasteiger partial charge in [0.1, 0.15) is 5.38 Å². The molecule has 4 nitrogen and oxygen atoms in total. The smallest absolute Gasteiger partial charge is 0.338 e. The van der Waals surface area contributed by atoms with E-state index in [1.807, 2.05) is 0 Å². The molecule has 1 aliphatic carbocycles. The van der Waals surface area contributed by atoms with Crippen LogP contribution in [0.25, 0.3) is 0 Å². The second kappa shape index (κ2) is 7.03. The van der Waals surface area contributed by atoms with E-state index in [1.165, 1.54) is 0 Å². The van der Waals surface area contributed by atoms with Gasteiger partial charge < -0.3 is 9.47 Å². The summed E-state index contributed by atoms with van der Waals surface area (Å²) in [4.78, 5) is 23.6. The SMILES string of the molecule is CCOC(=O)C1=CC(Cl)(Cl)C(C(=O)OCC)=C(Cl)C1Cl. The Morgan fingerprint density at radius 2 is 1.70 bits per heavy atom. The fraction of sp³-hybridized carbons (Fsp3) is 0.500. The molecular formula is C12H12Cl4O4. The summed E-state index contributed by atoms with van der Waals surface area (Å²) in [5.41, 5.74) is -0.214. The normalized spacial score (nSPS) is 21.3. The van der Waals surface area contributed by atoms with Crippen LogP contribution < -0.4 is 0 Å². The fourth-order valence-corrected chi connectivity index (χ4v) is 2.87. The number of halogens is 4. The Labute approximate surface area is 136 Å². The Bertz CT molecular complexity index is 482. The van der Waals surface area contributed by atoms with Crippen LogP contribution in [0.4, 0.5) is 0 Å². The monoisotopic (exact) mass is 360 g/mol. The highest BCUT2D eigenvalue weighted by Crippen LogP contribution is 2.44. The predicted octanol–water partition coefficient (Wildman–Crippen LogP) is 3.33. The van der Waals surface area contributed by atoms with Crippen molar-refractivity contribution >= 4 is 58.3 Å². The Hall–Kier alpha value is -0.420. The first-order valence-corrected chi connectivity index (χ1v) is 7.32. The molecule has 0 amide bonds. The van der Waals surface area contributed by atoms with Crippen LogP contribution in [0.1, 0.15) is 13.8 Å². The number of hydrogen-bond acceptors (Lipinski definition) is 4. The first-order chi connectivity index (χ1) is 9.26. The average molecular weight is 362 g/mol. The molecule has 0 saturated heterocycles. The minimum atomic E-state index is -1.81. The van der Waals surface area contributed by atoms with Gasteiger partial charge in [0.2, 0.25) is 0 Å². The Balaban J connectivity index is 3.21. The molecule has 0 bridgehead atoms. The van der Waals surface area contributed by atoms with Crippen molar-refractivity contribution in [3.8, 4) is 0 Å². The van der Waals surface area contributed by atoms with Gasteiger partial charge >= 0.3 is 11.9 Å². The lowest BCUT2D eigenvalue weighted by Crippen LogP contribution is -2.33. The molecule has 0 aromatic heterocycles. The number of hydrogen-bond donors (Lipinski definition) is 0. The zero-order chi connectivity index (χ0) is 15.5. The van der Waals surface area contributed by atoms with E-state index in [0.717, 1.165) is 6.08 Å². The molecule has 1 atom stereocenters. The third-order valence-corrected chi connectivity index (χ3v) is 3.96. The number of carbonyl (C=O) groups is 2. The van der Waals surface area contributed by atoms with Gasteiger partial charge in [0.05, 0.1) is 29.4 Å². The number of ether oxygens (including phenoxy) is 2. The fourth-order valence-electron chi connectivity index (χ4n) is 1.58.